The van der Waals surface area contributed by atoms with Crippen LogP contribution in [0, 0.1) is 17.8 Å². The number of carbonyl (C=O) groups is 3. The highest BCUT2D eigenvalue weighted by Crippen LogP contribution is 2.52. The number of hydrogen-bond acceptors (Lipinski definition) is 8. The number of aliphatic hydroxyl groups excluding tert-OH is 2. The van der Waals surface area contributed by atoms with Gasteiger partial charge >= 0.3 is 17.9 Å². The fourth-order valence-electron chi connectivity index (χ4n) is 5.26. The van der Waals surface area contributed by atoms with E-state index in [1.807, 2.05) is 42.5 Å². The standard InChI is InChI=1S/C27H27NO3.C4H6O6/c29-26(27(30,21-12-6-2-7-13-21)22-14-8-3-9-15-22)31-19-25-23-17-28(18-24(23)25)16-20-10-4-1-5-11-20;5-1(3(7)8)2(6)4(9)10/h1-15,23-25,30H,16-19H2;1-2,5-6H,(H,7,8)(H,9,10). The maximum absolute atomic E-state index is 13.1. The Morgan fingerprint density at radius 3 is 1.59 bits per heavy atom. The van der Waals surface area contributed by atoms with E-state index in [9.17, 15) is 19.5 Å². The molecule has 0 aromatic heterocycles. The van der Waals surface area contributed by atoms with Crippen LogP contribution < -0.4 is 0 Å². The van der Waals surface area contributed by atoms with Crippen molar-refractivity contribution in [2.75, 3.05) is 19.7 Å². The van der Waals surface area contributed by atoms with Gasteiger partial charge in [0.1, 0.15) is 0 Å². The van der Waals surface area contributed by atoms with E-state index in [1.165, 1.54) is 5.56 Å². The average Bonchev–Trinajstić information content (AvgIpc) is 3.45. The lowest BCUT2D eigenvalue weighted by Gasteiger charge is -2.27. The van der Waals surface area contributed by atoms with E-state index in [4.69, 9.17) is 25.2 Å². The molecular weight excluding hydrogens is 530 g/mol. The number of fused-ring (bicyclic) bond motifs is 1. The van der Waals surface area contributed by atoms with E-state index in [-0.39, 0.29) is 0 Å². The first kappa shape index (κ1) is 29.9. The second-order valence-corrected chi connectivity index (χ2v) is 10.3. The van der Waals surface area contributed by atoms with Gasteiger partial charge in [0.05, 0.1) is 6.61 Å². The van der Waals surface area contributed by atoms with Crippen molar-refractivity contribution in [3.8, 4) is 0 Å². The van der Waals surface area contributed by atoms with Crippen molar-refractivity contribution in [1.82, 2.24) is 4.90 Å². The van der Waals surface area contributed by atoms with E-state index >= 15 is 0 Å². The van der Waals surface area contributed by atoms with Gasteiger partial charge in [-0.15, -0.1) is 0 Å². The van der Waals surface area contributed by atoms with Crippen LogP contribution in [0.15, 0.2) is 91.0 Å². The van der Waals surface area contributed by atoms with Gasteiger partial charge in [0.2, 0.25) is 5.60 Å². The van der Waals surface area contributed by atoms with Crippen LogP contribution in [0.1, 0.15) is 16.7 Å². The highest BCUT2D eigenvalue weighted by Gasteiger charge is 2.56. The predicted octanol–water partition coefficient (Wildman–Crippen LogP) is 1.72. The summed E-state index contributed by atoms with van der Waals surface area (Å²) in [6.07, 6.45) is -4.53. The summed E-state index contributed by atoms with van der Waals surface area (Å²) in [5.74, 6) is -2.58. The van der Waals surface area contributed by atoms with E-state index in [2.05, 4.69) is 29.2 Å². The molecule has 10 nitrogen and oxygen atoms in total. The number of aliphatic hydroxyl groups is 3. The van der Waals surface area contributed by atoms with Gasteiger partial charge in [-0.1, -0.05) is 91.0 Å². The number of piperidine rings is 1. The van der Waals surface area contributed by atoms with E-state index in [0.717, 1.165) is 19.6 Å². The summed E-state index contributed by atoms with van der Waals surface area (Å²) in [6, 6.07) is 28.6. The molecule has 2 fully saturated rings. The van der Waals surface area contributed by atoms with Gasteiger partial charge in [-0.05, 0) is 28.5 Å². The zero-order valence-electron chi connectivity index (χ0n) is 22.2. The maximum Gasteiger partial charge on any atom is 0.347 e. The second-order valence-electron chi connectivity index (χ2n) is 10.3. The third-order valence-electron chi connectivity index (χ3n) is 7.59. The summed E-state index contributed by atoms with van der Waals surface area (Å²) in [7, 11) is 0. The summed E-state index contributed by atoms with van der Waals surface area (Å²) in [5, 5.41) is 44.0. The van der Waals surface area contributed by atoms with Crippen molar-refractivity contribution in [1.29, 1.82) is 0 Å². The SMILES string of the molecule is O=C(O)C(O)C(O)C(=O)O.O=C(OCC1C2CN(Cc3ccccc3)CC12)C(O)(c1ccccc1)c1ccccc1. The number of ether oxygens (including phenoxy) is 1. The molecule has 1 heterocycles. The number of nitrogens with zero attached hydrogens (tertiary/aromatic N) is 1. The Hall–Kier alpha value is -4.09. The molecule has 1 saturated heterocycles. The third-order valence-corrected chi connectivity index (χ3v) is 7.59. The van der Waals surface area contributed by atoms with Crippen molar-refractivity contribution in [3.63, 3.8) is 0 Å². The lowest BCUT2D eigenvalue weighted by Crippen LogP contribution is -2.39. The molecule has 4 atom stereocenters. The highest BCUT2D eigenvalue weighted by molar-refractivity contribution is 5.85. The van der Waals surface area contributed by atoms with Crippen LogP contribution in [-0.2, 0) is 31.3 Å². The normalized spacial score (nSPS) is 21.0. The quantitative estimate of drug-likeness (QED) is 0.229. The summed E-state index contributed by atoms with van der Waals surface area (Å²) in [5.41, 5.74) is 0.585. The fourth-order valence-corrected chi connectivity index (χ4v) is 5.26. The Kier molecular flexibility index (Phi) is 9.51. The number of carbonyl (C=O) groups excluding carboxylic acids is 1. The number of likely N-dealkylation sites (tertiary alicyclic amines) is 1. The van der Waals surface area contributed by atoms with Crippen LogP contribution in [0.4, 0.5) is 0 Å². The van der Waals surface area contributed by atoms with Gasteiger partial charge in [0.15, 0.2) is 12.2 Å². The highest BCUT2D eigenvalue weighted by atomic mass is 16.6. The molecule has 5 N–H and O–H groups in total. The topological polar surface area (TPSA) is 165 Å². The summed E-state index contributed by atoms with van der Waals surface area (Å²) in [6.45, 7) is 3.43. The Balaban J connectivity index is 0.000000334. The van der Waals surface area contributed by atoms with Crippen LogP contribution >= 0.6 is 0 Å². The first-order chi connectivity index (χ1) is 19.6. The Morgan fingerprint density at radius 1 is 0.756 bits per heavy atom. The predicted molar refractivity (Wildman–Crippen MR) is 146 cm³/mol. The summed E-state index contributed by atoms with van der Waals surface area (Å²) < 4.78 is 5.72. The smallest absolute Gasteiger partial charge is 0.347 e. The van der Waals surface area contributed by atoms with Crippen LogP contribution in [0.5, 0.6) is 0 Å². The van der Waals surface area contributed by atoms with Crippen LogP contribution in [0.3, 0.4) is 0 Å². The molecule has 216 valence electrons. The second kappa shape index (κ2) is 13.0. The molecule has 2 aliphatic rings. The molecule has 0 spiro atoms. The van der Waals surface area contributed by atoms with Gasteiger partial charge in [-0.3, -0.25) is 4.90 Å². The number of carboxylic acid groups (broad SMARTS) is 2. The molecular formula is C31H33NO9. The Bertz CT molecular complexity index is 1250. The van der Waals surface area contributed by atoms with Crippen LogP contribution in [-0.4, -0.2) is 80.2 Å². The molecule has 3 aromatic rings. The Morgan fingerprint density at radius 2 is 1.17 bits per heavy atom. The molecule has 41 heavy (non-hydrogen) atoms. The van der Waals surface area contributed by atoms with Crippen molar-refractivity contribution < 1.29 is 44.7 Å². The van der Waals surface area contributed by atoms with Crippen molar-refractivity contribution in [3.05, 3.63) is 108 Å². The fraction of sp³-hybridized carbons (Fsp3) is 0.323. The zero-order valence-corrected chi connectivity index (χ0v) is 22.2. The van der Waals surface area contributed by atoms with Gasteiger partial charge in [-0.2, -0.15) is 0 Å². The molecule has 3 aromatic carbocycles. The molecule has 10 heteroatoms. The molecule has 5 rings (SSSR count). The van der Waals surface area contributed by atoms with Crippen LogP contribution in [0.25, 0.3) is 0 Å². The van der Waals surface area contributed by atoms with Crippen LogP contribution in [0.2, 0.25) is 0 Å². The monoisotopic (exact) mass is 563 g/mol. The number of esters is 1. The summed E-state index contributed by atoms with van der Waals surface area (Å²) in [4.78, 5) is 35.2. The first-order valence-corrected chi connectivity index (χ1v) is 13.2. The van der Waals surface area contributed by atoms with Gasteiger partial charge < -0.3 is 30.3 Å². The minimum absolute atomic E-state index is 0.370. The molecule has 1 aliphatic heterocycles. The molecule has 0 amide bonds. The Labute approximate surface area is 237 Å². The third kappa shape index (κ3) is 6.98. The van der Waals surface area contributed by atoms with Gasteiger partial charge in [0.25, 0.3) is 0 Å². The van der Waals surface area contributed by atoms with E-state index < -0.39 is 35.7 Å². The first-order valence-electron chi connectivity index (χ1n) is 13.2. The zero-order chi connectivity index (χ0) is 29.6. The van der Waals surface area contributed by atoms with Crippen molar-refractivity contribution >= 4 is 17.9 Å². The lowest BCUT2D eigenvalue weighted by atomic mass is 9.86. The van der Waals surface area contributed by atoms with Gasteiger partial charge in [0, 0.05) is 25.6 Å². The molecule has 1 saturated carbocycles. The maximum atomic E-state index is 13.1. The van der Waals surface area contributed by atoms with E-state index in [1.54, 1.807) is 24.3 Å². The number of hydrogen-bond donors (Lipinski definition) is 5. The number of carboxylic acids is 2. The molecule has 0 bridgehead atoms. The van der Waals surface area contributed by atoms with Crippen molar-refractivity contribution in [2.24, 2.45) is 17.8 Å². The lowest BCUT2D eigenvalue weighted by molar-refractivity contribution is -0.165. The molecule has 4 unspecified atom stereocenters. The minimum Gasteiger partial charge on any atom is -0.479 e. The summed E-state index contributed by atoms with van der Waals surface area (Å²) >= 11 is 0. The number of benzene rings is 3. The van der Waals surface area contributed by atoms with Crippen molar-refractivity contribution in [2.45, 2.75) is 24.4 Å². The van der Waals surface area contributed by atoms with Gasteiger partial charge in [-0.25, -0.2) is 14.4 Å². The molecule has 0 radical (unpaired) electrons. The number of rotatable bonds is 10. The van der Waals surface area contributed by atoms with E-state index in [0.29, 0.717) is 35.5 Å². The largest absolute Gasteiger partial charge is 0.479 e. The number of aliphatic carboxylic acids is 2. The average molecular weight is 564 g/mol. The molecule has 1 aliphatic carbocycles. The minimum atomic E-state index is -2.27.